The van der Waals surface area contributed by atoms with Gasteiger partial charge in [-0.1, -0.05) is 35.9 Å². The van der Waals surface area contributed by atoms with E-state index in [-0.39, 0.29) is 5.91 Å². The minimum Gasteiger partial charge on any atom is -0.368 e. The lowest BCUT2D eigenvalue weighted by atomic mass is 10.2. The summed E-state index contributed by atoms with van der Waals surface area (Å²) in [6, 6.07) is 19.3. The predicted octanol–water partition coefficient (Wildman–Crippen LogP) is 3.84. The van der Waals surface area contributed by atoms with Gasteiger partial charge in [0.05, 0.1) is 0 Å². The molecule has 1 saturated heterocycles. The summed E-state index contributed by atoms with van der Waals surface area (Å²) in [6.45, 7) is 2.92. The SMILES string of the molecule is O=C(c1cc(Nc2cccc(Cl)c2)ncn1)N1CCN(c2ccccc2)CC1. The van der Waals surface area contributed by atoms with Crippen LogP contribution in [0.3, 0.4) is 0 Å². The minimum absolute atomic E-state index is 0.0794. The molecule has 28 heavy (non-hydrogen) atoms. The number of hydrogen-bond acceptors (Lipinski definition) is 5. The summed E-state index contributed by atoms with van der Waals surface area (Å²) in [7, 11) is 0. The number of anilines is 3. The number of carbonyl (C=O) groups excluding carboxylic acids is 1. The van der Waals surface area contributed by atoms with Crippen LogP contribution in [-0.4, -0.2) is 47.0 Å². The number of nitrogens with one attached hydrogen (secondary N) is 1. The molecule has 7 heteroatoms. The van der Waals surface area contributed by atoms with Crippen molar-refractivity contribution < 1.29 is 4.79 Å². The van der Waals surface area contributed by atoms with Crippen LogP contribution in [0.2, 0.25) is 5.02 Å². The molecule has 0 atom stereocenters. The lowest BCUT2D eigenvalue weighted by Crippen LogP contribution is -2.49. The molecule has 0 saturated carbocycles. The van der Waals surface area contributed by atoms with E-state index < -0.39 is 0 Å². The number of para-hydroxylation sites is 1. The predicted molar refractivity (Wildman–Crippen MR) is 111 cm³/mol. The third kappa shape index (κ3) is 4.23. The highest BCUT2D eigenvalue weighted by atomic mass is 35.5. The Kier molecular flexibility index (Phi) is 5.39. The van der Waals surface area contributed by atoms with Gasteiger partial charge in [-0.2, -0.15) is 0 Å². The Labute approximate surface area is 168 Å². The van der Waals surface area contributed by atoms with Gasteiger partial charge in [0.1, 0.15) is 17.8 Å². The van der Waals surface area contributed by atoms with Gasteiger partial charge >= 0.3 is 0 Å². The summed E-state index contributed by atoms with van der Waals surface area (Å²) in [5, 5.41) is 3.79. The van der Waals surface area contributed by atoms with Gasteiger partial charge < -0.3 is 15.1 Å². The molecule has 1 aliphatic heterocycles. The Balaban J connectivity index is 1.41. The van der Waals surface area contributed by atoms with Gasteiger partial charge in [0.25, 0.3) is 5.91 Å². The molecule has 1 N–H and O–H groups in total. The van der Waals surface area contributed by atoms with Crippen molar-refractivity contribution in [3.05, 3.63) is 77.7 Å². The average molecular weight is 394 g/mol. The number of halogens is 1. The van der Waals surface area contributed by atoms with E-state index in [1.54, 1.807) is 18.2 Å². The van der Waals surface area contributed by atoms with Crippen LogP contribution in [-0.2, 0) is 0 Å². The third-order valence-corrected chi connectivity index (χ3v) is 4.91. The van der Waals surface area contributed by atoms with Crippen LogP contribution in [0.4, 0.5) is 17.2 Å². The normalized spacial score (nSPS) is 14.0. The number of nitrogens with zero attached hydrogens (tertiary/aromatic N) is 4. The van der Waals surface area contributed by atoms with Crippen LogP contribution in [0.5, 0.6) is 0 Å². The summed E-state index contributed by atoms with van der Waals surface area (Å²) >= 11 is 6.01. The van der Waals surface area contributed by atoms with Crippen molar-refractivity contribution >= 4 is 34.7 Å². The zero-order valence-corrected chi connectivity index (χ0v) is 16.0. The molecule has 0 unspecified atom stereocenters. The van der Waals surface area contributed by atoms with E-state index >= 15 is 0 Å². The highest BCUT2D eigenvalue weighted by Gasteiger charge is 2.23. The maximum Gasteiger partial charge on any atom is 0.272 e. The number of carbonyl (C=O) groups is 1. The quantitative estimate of drug-likeness (QED) is 0.729. The smallest absolute Gasteiger partial charge is 0.272 e. The fourth-order valence-electron chi connectivity index (χ4n) is 3.23. The number of aromatic nitrogens is 2. The van der Waals surface area contributed by atoms with Crippen molar-refractivity contribution in [2.24, 2.45) is 0 Å². The van der Waals surface area contributed by atoms with E-state index in [1.165, 1.54) is 12.0 Å². The Hall–Kier alpha value is -3.12. The van der Waals surface area contributed by atoms with E-state index in [4.69, 9.17) is 11.6 Å². The molecule has 3 aromatic rings. The monoisotopic (exact) mass is 393 g/mol. The number of rotatable bonds is 4. The molecule has 0 radical (unpaired) electrons. The fourth-order valence-corrected chi connectivity index (χ4v) is 3.42. The van der Waals surface area contributed by atoms with Crippen molar-refractivity contribution in [2.45, 2.75) is 0 Å². The van der Waals surface area contributed by atoms with Gasteiger partial charge in [0, 0.05) is 48.6 Å². The average Bonchev–Trinajstić information content (AvgIpc) is 2.74. The molecule has 1 aromatic heterocycles. The van der Waals surface area contributed by atoms with Crippen LogP contribution in [0.15, 0.2) is 67.0 Å². The van der Waals surface area contributed by atoms with E-state index in [0.717, 1.165) is 18.8 Å². The van der Waals surface area contributed by atoms with Crippen LogP contribution in [0.25, 0.3) is 0 Å². The molecule has 4 rings (SSSR count). The first-order chi connectivity index (χ1) is 13.7. The van der Waals surface area contributed by atoms with E-state index in [2.05, 4.69) is 32.3 Å². The van der Waals surface area contributed by atoms with Gasteiger partial charge in [-0.3, -0.25) is 4.79 Å². The van der Waals surface area contributed by atoms with Gasteiger partial charge in [-0.05, 0) is 30.3 Å². The first kappa shape index (κ1) is 18.3. The Bertz CT molecular complexity index is 958. The van der Waals surface area contributed by atoms with Crippen molar-refractivity contribution in [2.75, 3.05) is 36.4 Å². The molecular weight excluding hydrogens is 374 g/mol. The maximum absolute atomic E-state index is 12.9. The van der Waals surface area contributed by atoms with Crippen molar-refractivity contribution in [1.29, 1.82) is 0 Å². The molecule has 2 aromatic carbocycles. The minimum atomic E-state index is -0.0794. The van der Waals surface area contributed by atoms with Crippen LogP contribution in [0.1, 0.15) is 10.5 Å². The topological polar surface area (TPSA) is 61.4 Å². The first-order valence-corrected chi connectivity index (χ1v) is 9.51. The van der Waals surface area contributed by atoms with Crippen LogP contribution < -0.4 is 10.2 Å². The second kappa shape index (κ2) is 8.27. The molecular formula is C21H20ClN5O. The van der Waals surface area contributed by atoms with Gasteiger partial charge in [-0.15, -0.1) is 0 Å². The summed E-state index contributed by atoms with van der Waals surface area (Å²) < 4.78 is 0. The number of piperazine rings is 1. The highest BCUT2D eigenvalue weighted by molar-refractivity contribution is 6.30. The highest BCUT2D eigenvalue weighted by Crippen LogP contribution is 2.20. The Morgan fingerprint density at radius 1 is 0.929 bits per heavy atom. The van der Waals surface area contributed by atoms with Crippen molar-refractivity contribution in [1.82, 2.24) is 14.9 Å². The molecule has 0 bridgehead atoms. The summed E-state index contributed by atoms with van der Waals surface area (Å²) in [5.74, 6) is 0.479. The second-order valence-corrected chi connectivity index (χ2v) is 6.98. The van der Waals surface area contributed by atoms with Crippen LogP contribution >= 0.6 is 11.6 Å². The van der Waals surface area contributed by atoms with E-state index in [1.807, 2.05) is 35.2 Å². The van der Waals surface area contributed by atoms with Gasteiger partial charge in [0.2, 0.25) is 0 Å². The van der Waals surface area contributed by atoms with E-state index in [0.29, 0.717) is 29.6 Å². The molecule has 6 nitrogen and oxygen atoms in total. The summed E-state index contributed by atoms with van der Waals surface area (Å²) in [6.07, 6.45) is 1.40. The largest absolute Gasteiger partial charge is 0.368 e. The maximum atomic E-state index is 12.9. The number of hydrogen-bond donors (Lipinski definition) is 1. The molecule has 0 aliphatic carbocycles. The van der Waals surface area contributed by atoms with Crippen LogP contribution in [0, 0.1) is 0 Å². The molecule has 2 heterocycles. The number of benzene rings is 2. The molecule has 1 fully saturated rings. The van der Waals surface area contributed by atoms with E-state index in [9.17, 15) is 4.79 Å². The second-order valence-electron chi connectivity index (χ2n) is 6.54. The molecule has 1 aliphatic rings. The first-order valence-electron chi connectivity index (χ1n) is 9.13. The molecule has 1 amide bonds. The zero-order valence-electron chi connectivity index (χ0n) is 15.3. The number of amides is 1. The lowest BCUT2D eigenvalue weighted by molar-refractivity contribution is 0.0740. The summed E-state index contributed by atoms with van der Waals surface area (Å²) in [5.41, 5.74) is 2.37. The van der Waals surface area contributed by atoms with Gasteiger partial charge in [0.15, 0.2) is 0 Å². The third-order valence-electron chi connectivity index (χ3n) is 4.67. The van der Waals surface area contributed by atoms with Gasteiger partial charge in [-0.25, -0.2) is 9.97 Å². The standard InChI is InChI=1S/C21H20ClN5O/c22-16-5-4-6-17(13-16)25-20-14-19(23-15-24-20)21(28)27-11-9-26(10-12-27)18-7-2-1-3-8-18/h1-8,13-15H,9-12H2,(H,23,24,25). The zero-order chi connectivity index (χ0) is 19.3. The lowest BCUT2D eigenvalue weighted by Gasteiger charge is -2.36. The Morgan fingerprint density at radius 2 is 1.71 bits per heavy atom. The molecule has 142 valence electrons. The van der Waals surface area contributed by atoms with Crippen molar-refractivity contribution in [3.8, 4) is 0 Å². The summed E-state index contributed by atoms with van der Waals surface area (Å²) in [4.78, 5) is 25.4. The molecule has 0 spiro atoms. The Morgan fingerprint density at radius 3 is 2.46 bits per heavy atom. The fraction of sp³-hybridized carbons (Fsp3) is 0.190. The van der Waals surface area contributed by atoms with Crippen molar-refractivity contribution in [3.63, 3.8) is 0 Å².